The molecule has 19 heavy (non-hydrogen) atoms. The summed E-state index contributed by atoms with van der Waals surface area (Å²) in [6, 6.07) is 4.80. The Morgan fingerprint density at radius 1 is 1.32 bits per heavy atom. The van der Waals surface area contributed by atoms with Gasteiger partial charge in [-0.05, 0) is 32.0 Å². The topological polar surface area (TPSA) is 72.6 Å². The number of hydrogen-bond acceptors (Lipinski definition) is 4. The number of halogens is 1. The number of nitrogens with two attached hydrogens (primary N) is 1. The largest absolute Gasteiger partial charge is 0.398 e. The molecular weight excluding hydrogens is 332 g/mol. The normalized spacial score (nSPS) is 25.4. The van der Waals surface area contributed by atoms with Crippen LogP contribution < -0.4 is 5.73 Å². The molecule has 106 valence electrons. The second-order valence-electron chi connectivity index (χ2n) is 4.76. The minimum absolute atomic E-state index is 0.116. The van der Waals surface area contributed by atoms with Crippen LogP contribution in [-0.2, 0) is 14.8 Å². The molecule has 0 aliphatic carbocycles. The summed E-state index contributed by atoms with van der Waals surface area (Å²) in [7, 11) is -3.57. The number of nitrogens with zero attached hydrogens (tertiary/aromatic N) is 1. The van der Waals surface area contributed by atoms with E-state index in [2.05, 4.69) is 15.9 Å². The molecule has 1 aromatic rings. The summed E-state index contributed by atoms with van der Waals surface area (Å²) < 4.78 is 32.9. The molecule has 0 saturated carbocycles. The zero-order valence-corrected chi connectivity index (χ0v) is 13.2. The summed E-state index contributed by atoms with van der Waals surface area (Å²) in [5.41, 5.74) is 6.07. The molecule has 1 aromatic carbocycles. The van der Waals surface area contributed by atoms with E-state index in [4.69, 9.17) is 10.5 Å². The van der Waals surface area contributed by atoms with Crippen LogP contribution in [0.15, 0.2) is 27.6 Å². The Labute approximate surface area is 121 Å². The Morgan fingerprint density at radius 2 is 1.89 bits per heavy atom. The fraction of sp³-hybridized carbons (Fsp3) is 0.500. The summed E-state index contributed by atoms with van der Waals surface area (Å²) >= 11 is 3.27. The maximum Gasteiger partial charge on any atom is 0.245 e. The molecule has 1 heterocycles. The van der Waals surface area contributed by atoms with Crippen LogP contribution in [0, 0.1) is 0 Å². The highest BCUT2D eigenvalue weighted by molar-refractivity contribution is 9.10. The lowest BCUT2D eigenvalue weighted by Gasteiger charge is -2.34. The SMILES string of the molecule is CC1CN(S(=O)(=O)c2ccc(Br)cc2N)CC(C)O1. The molecule has 0 radical (unpaired) electrons. The summed E-state index contributed by atoms with van der Waals surface area (Å²) in [5, 5.41) is 0. The van der Waals surface area contributed by atoms with E-state index in [0.29, 0.717) is 13.1 Å². The molecule has 7 heteroatoms. The number of ether oxygens (including phenoxy) is 1. The number of nitrogen functional groups attached to an aromatic ring is 1. The van der Waals surface area contributed by atoms with Gasteiger partial charge in [0.15, 0.2) is 0 Å². The van der Waals surface area contributed by atoms with Crippen molar-refractivity contribution in [3.63, 3.8) is 0 Å². The van der Waals surface area contributed by atoms with E-state index < -0.39 is 10.0 Å². The van der Waals surface area contributed by atoms with Crippen molar-refractivity contribution in [2.45, 2.75) is 31.0 Å². The number of anilines is 1. The van der Waals surface area contributed by atoms with Crippen molar-refractivity contribution in [2.24, 2.45) is 0 Å². The first-order valence-electron chi connectivity index (χ1n) is 6.01. The Morgan fingerprint density at radius 3 is 2.42 bits per heavy atom. The van der Waals surface area contributed by atoms with Crippen molar-refractivity contribution in [3.8, 4) is 0 Å². The number of hydrogen-bond donors (Lipinski definition) is 1. The van der Waals surface area contributed by atoms with Crippen LogP contribution >= 0.6 is 15.9 Å². The first-order valence-corrected chi connectivity index (χ1v) is 8.24. The van der Waals surface area contributed by atoms with Gasteiger partial charge in [-0.2, -0.15) is 4.31 Å². The molecule has 1 aliphatic heterocycles. The number of rotatable bonds is 2. The van der Waals surface area contributed by atoms with E-state index in [9.17, 15) is 8.42 Å². The molecular formula is C12H17BrN2O3S. The summed E-state index contributed by atoms with van der Waals surface area (Å²) in [6.45, 7) is 4.43. The molecule has 1 aliphatic rings. The zero-order valence-electron chi connectivity index (χ0n) is 10.8. The van der Waals surface area contributed by atoms with Gasteiger partial charge in [-0.15, -0.1) is 0 Å². The number of sulfonamides is 1. The van der Waals surface area contributed by atoms with Crippen LogP contribution in [0.4, 0.5) is 5.69 Å². The van der Waals surface area contributed by atoms with Crippen molar-refractivity contribution in [3.05, 3.63) is 22.7 Å². The van der Waals surface area contributed by atoms with E-state index in [-0.39, 0.29) is 22.8 Å². The molecule has 2 unspecified atom stereocenters. The third-order valence-corrected chi connectivity index (χ3v) is 5.37. The molecule has 0 bridgehead atoms. The summed E-state index contributed by atoms with van der Waals surface area (Å²) in [5.74, 6) is 0. The van der Waals surface area contributed by atoms with Gasteiger partial charge < -0.3 is 10.5 Å². The molecule has 5 nitrogen and oxygen atoms in total. The van der Waals surface area contributed by atoms with Gasteiger partial charge in [0.2, 0.25) is 10.0 Å². The van der Waals surface area contributed by atoms with Crippen LogP contribution in [-0.4, -0.2) is 38.0 Å². The van der Waals surface area contributed by atoms with E-state index in [0.717, 1.165) is 4.47 Å². The molecule has 1 fully saturated rings. The van der Waals surface area contributed by atoms with E-state index in [1.54, 1.807) is 12.1 Å². The summed E-state index contributed by atoms with van der Waals surface area (Å²) in [4.78, 5) is 0.150. The number of benzene rings is 1. The van der Waals surface area contributed by atoms with E-state index in [1.165, 1.54) is 10.4 Å². The standard InChI is InChI=1S/C12H17BrN2O3S/c1-8-6-15(7-9(2)18-8)19(16,17)12-4-3-10(13)5-11(12)14/h3-5,8-9H,6-7,14H2,1-2H3. The quantitative estimate of drug-likeness (QED) is 0.827. The van der Waals surface area contributed by atoms with Crippen molar-refractivity contribution in [1.29, 1.82) is 0 Å². The highest BCUT2D eigenvalue weighted by Crippen LogP contribution is 2.27. The number of morpholine rings is 1. The van der Waals surface area contributed by atoms with Crippen LogP contribution in [0.2, 0.25) is 0 Å². The van der Waals surface area contributed by atoms with E-state index in [1.807, 2.05) is 13.8 Å². The van der Waals surface area contributed by atoms with E-state index >= 15 is 0 Å². The lowest BCUT2D eigenvalue weighted by atomic mass is 10.3. The fourth-order valence-electron chi connectivity index (χ4n) is 2.22. The van der Waals surface area contributed by atoms with Crippen molar-refractivity contribution >= 4 is 31.6 Å². The molecule has 0 amide bonds. The fourth-order valence-corrected chi connectivity index (χ4v) is 4.29. The van der Waals surface area contributed by atoms with Crippen molar-refractivity contribution in [2.75, 3.05) is 18.8 Å². The predicted octanol–water partition coefficient (Wildman–Crippen LogP) is 1.83. The van der Waals surface area contributed by atoms with Gasteiger partial charge in [0, 0.05) is 17.6 Å². The Kier molecular flexibility index (Phi) is 4.20. The Bertz CT molecular complexity index is 566. The van der Waals surface area contributed by atoms with Crippen molar-refractivity contribution in [1.82, 2.24) is 4.31 Å². The van der Waals surface area contributed by atoms with Crippen LogP contribution in [0.1, 0.15) is 13.8 Å². The van der Waals surface area contributed by atoms with Gasteiger partial charge in [0.1, 0.15) is 4.90 Å². The molecule has 2 atom stereocenters. The van der Waals surface area contributed by atoms with Crippen LogP contribution in [0.5, 0.6) is 0 Å². The highest BCUT2D eigenvalue weighted by atomic mass is 79.9. The van der Waals surface area contributed by atoms with Gasteiger partial charge in [0.05, 0.1) is 17.9 Å². The smallest absolute Gasteiger partial charge is 0.245 e. The minimum atomic E-state index is -3.57. The zero-order chi connectivity index (χ0) is 14.2. The predicted molar refractivity (Wildman–Crippen MR) is 77.3 cm³/mol. The average molecular weight is 349 g/mol. The maximum atomic E-state index is 12.6. The first kappa shape index (κ1) is 14.8. The van der Waals surface area contributed by atoms with Crippen molar-refractivity contribution < 1.29 is 13.2 Å². The lowest BCUT2D eigenvalue weighted by molar-refractivity contribution is -0.0440. The minimum Gasteiger partial charge on any atom is -0.398 e. The molecule has 0 spiro atoms. The first-order chi connectivity index (χ1) is 8.80. The van der Waals surface area contributed by atoms with Crippen LogP contribution in [0.3, 0.4) is 0 Å². The molecule has 1 saturated heterocycles. The maximum absolute atomic E-state index is 12.6. The third-order valence-electron chi connectivity index (χ3n) is 2.98. The average Bonchev–Trinajstić information content (AvgIpc) is 2.26. The van der Waals surface area contributed by atoms with Gasteiger partial charge in [-0.1, -0.05) is 15.9 Å². The second-order valence-corrected chi connectivity index (χ2v) is 7.58. The highest BCUT2D eigenvalue weighted by Gasteiger charge is 2.33. The Hall–Kier alpha value is -0.630. The molecule has 2 rings (SSSR count). The van der Waals surface area contributed by atoms with Gasteiger partial charge >= 0.3 is 0 Å². The molecule has 2 N–H and O–H groups in total. The Balaban J connectivity index is 2.36. The van der Waals surface area contributed by atoms with Gasteiger partial charge in [0.25, 0.3) is 0 Å². The third kappa shape index (κ3) is 3.10. The summed E-state index contributed by atoms with van der Waals surface area (Å²) in [6.07, 6.45) is -0.231. The van der Waals surface area contributed by atoms with Gasteiger partial charge in [-0.3, -0.25) is 0 Å². The molecule has 0 aromatic heterocycles. The van der Waals surface area contributed by atoms with Crippen LogP contribution in [0.25, 0.3) is 0 Å². The lowest BCUT2D eigenvalue weighted by Crippen LogP contribution is -2.48. The van der Waals surface area contributed by atoms with Gasteiger partial charge in [-0.25, -0.2) is 8.42 Å². The monoisotopic (exact) mass is 348 g/mol. The second kappa shape index (κ2) is 5.40.